The van der Waals surface area contributed by atoms with Crippen molar-refractivity contribution in [3.63, 3.8) is 0 Å². The van der Waals surface area contributed by atoms with E-state index in [9.17, 15) is 9.59 Å². The average molecular weight is 373 g/mol. The summed E-state index contributed by atoms with van der Waals surface area (Å²) in [7, 11) is 0. The van der Waals surface area contributed by atoms with Crippen LogP contribution in [-0.4, -0.2) is 16.8 Å². The highest BCUT2D eigenvalue weighted by molar-refractivity contribution is 7.11. The number of fused-ring (bicyclic) bond motifs is 1. The third kappa shape index (κ3) is 3.15. The van der Waals surface area contributed by atoms with Crippen molar-refractivity contribution in [1.29, 1.82) is 0 Å². The first kappa shape index (κ1) is 17.9. The number of carbonyl (C=O) groups is 2. The first-order valence-corrected chi connectivity index (χ1v) is 8.80. The Bertz CT molecular complexity index is 1010. The second kappa shape index (κ2) is 6.80. The van der Waals surface area contributed by atoms with Gasteiger partial charge in [-0.05, 0) is 32.9 Å². The van der Waals surface area contributed by atoms with E-state index in [1.807, 2.05) is 6.92 Å². The molecule has 2 heterocycles. The molecule has 0 saturated heterocycles. The van der Waals surface area contributed by atoms with Gasteiger partial charge in [0.15, 0.2) is 0 Å². The number of nitrogens with two attached hydrogens (primary N) is 2. The highest BCUT2D eigenvalue weighted by Gasteiger charge is 2.27. The second-order valence-electron chi connectivity index (χ2n) is 6.01. The standard InChI is InChI=1S/C18H19N3O4S/c1-8(17(19)22)14-12(24-7-11-6-21-10(3)26-11)4-5-13-16(14)15(18(20)23)9(2)25-13/h4-6,8H,7H2,1-3H3,(H2,19,22)(H2,20,23). The van der Waals surface area contributed by atoms with Crippen molar-refractivity contribution in [2.75, 3.05) is 0 Å². The number of aromatic nitrogens is 1. The van der Waals surface area contributed by atoms with Crippen molar-refractivity contribution in [3.8, 4) is 5.75 Å². The maximum atomic E-state index is 11.9. The van der Waals surface area contributed by atoms with Gasteiger partial charge in [-0.3, -0.25) is 9.59 Å². The Balaban J connectivity index is 2.15. The molecule has 8 heteroatoms. The first-order chi connectivity index (χ1) is 12.3. The molecule has 0 aliphatic carbocycles. The minimum atomic E-state index is -0.688. The van der Waals surface area contributed by atoms with Gasteiger partial charge in [0, 0.05) is 17.1 Å². The van der Waals surface area contributed by atoms with E-state index in [1.165, 1.54) is 11.3 Å². The molecule has 1 unspecified atom stereocenters. The van der Waals surface area contributed by atoms with Crippen molar-refractivity contribution in [2.24, 2.45) is 11.5 Å². The minimum absolute atomic E-state index is 0.238. The molecule has 3 aromatic rings. The Morgan fingerprint density at radius 3 is 2.62 bits per heavy atom. The van der Waals surface area contributed by atoms with Crippen LogP contribution < -0.4 is 16.2 Å². The van der Waals surface area contributed by atoms with Crippen LogP contribution in [0.4, 0.5) is 0 Å². The number of primary amides is 2. The maximum absolute atomic E-state index is 11.9. The number of hydrogen-bond donors (Lipinski definition) is 2. The molecule has 2 amide bonds. The fourth-order valence-corrected chi connectivity index (χ4v) is 3.64. The summed E-state index contributed by atoms with van der Waals surface area (Å²) < 4.78 is 11.6. The summed E-state index contributed by atoms with van der Waals surface area (Å²) in [5, 5.41) is 1.41. The summed E-state index contributed by atoms with van der Waals surface area (Å²) in [6, 6.07) is 3.40. The van der Waals surface area contributed by atoms with E-state index in [0.29, 0.717) is 28.0 Å². The Morgan fingerprint density at radius 2 is 2.04 bits per heavy atom. The molecule has 3 rings (SSSR count). The second-order valence-corrected chi connectivity index (χ2v) is 7.33. The Hall–Kier alpha value is -2.87. The molecule has 0 radical (unpaired) electrons. The van der Waals surface area contributed by atoms with Crippen molar-refractivity contribution in [2.45, 2.75) is 33.3 Å². The van der Waals surface area contributed by atoms with E-state index >= 15 is 0 Å². The molecule has 0 spiro atoms. The number of benzene rings is 1. The SMILES string of the molecule is Cc1ncc(COc2ccc3oc(C)c(C(N)=O)c3c2C(C)C(N)=O)s1. The van der Waals surface area contributed by atoms with E-state index in [0.717, 1.165) is 9.88 Å². The fourth-order valence-electron chi connectivity index (χ4n) is 2.93. The lowest BCUT2D eigenvalue weighted by atomic mass is 9.93. The molecular formula is C18H19N3O4S. The number of rotatable bonds is 6. The summed E-state index contributed by atoms with van der Waals surface area (Å²) in [5.74, 6) is -1.01. The van der Waals surface area contributed by atoms with Crippen LogP contribution in [0.1, 0.15) is 44.4 Å². The van der Waals surface area contributed by atoms with Gasteiger partial charge in [-0.25, -0.2) is 4.98 Å². The lowest BCUT2D eigenvalue weighted by Gasteiger charge is -2.16. The van der Waals surface area contributed by atoms with Gasteiger partial charge < -0.3 is 20.6 Å². The number of thiazole rings is 1. The maximum Gasteiger partial charge on any atom is 0.252 e. The zero-order valence-electron chi connectivity index (χ0n) is 14.7. The summed E-state index contributed by atoms with van der Waals surface area (Å²) >= 11 is 1.52. The van der Waals surface area contributed by atoms with Crippen LogP contribution in [0.2, 0.25) is 0 Å². The van der Waals surface area contributed by atoms with Gasteiger partial charge >= 0.3 is 0 Å². The topological polar surface area (TPSA) is 121 Å². The van der Waals surface area contributed by atoms with Crippen molar-refractivity contribution < 1.29 is 18.7 Å². The Labute approximate surface area is 153 Å². The third-order valence-electron chi connectivity index (χ3n) is 4.18. The van der Waals surface area contributed by atoms with Gasteiger partial charge in [0.2, 0.25) is 5.91 Å². The van der Waals surface area contributed by atoms with Crippen LogP contribution in [0.5, 0.6) is 5.75 Å². The number of ether oxygens (including phenoxy) is 1. The van der Waals surface area contributed by atoms with Crippen LogP contribution in [-0.2, 0) is 11.4 Å². The van der Waals surface area contributed by atoms with Gasteiger partial charge in [-0.1, -0.05) is 0 Å². The number of hydrogen-bond acceptors (Lipinski definition) is 6. The van der Waals surface area contributed by atoms with Crippen LogP contribution in [0.3, 0.4) is 0 Å². The minimum Gasteiger partial charge on any atom is -0.488 e. The summed E-state index contributed by atoms with van der Waals surface area (Å²) in [6.07, 6.45) is 1.74. The van der Waals surface area contributed by atoms with Gasteiger partial charge in [0.25, 0.3) is 5.91 Å². The predicted octanol–water partition coefficient (Wildman–Crippen LogP) is 2.77. The van der Waals surface area contributed by atoms with Gasteiger partial charge in [-0.15, -0.1) is 11.3 Å². The molecule has 7 nitrogen and oxygen atoms in total. The van der Waals surface area contributed by atoms with E-state index < -0.39 is 17.7 Å². The Kier molecular flexibility index (Phi) is 4.69. The quantitative estimate of drug-likeness (QED) is 0.688. The molecule has 0 bridgehead atoms. The molecule has 0 aliphatic rings. The van der Waals surface area contributed by atoms with Crippen molar-refractivity contribution >= 4 is 34.1 Å². The highest BCUT2D eigenvalue weighted by atomic mass is 32.1. The average Bonchev–Trinajstić information content (AvgIpc) is 3.13. The zero-order valence-corrected chi connectivity index (χ0v) is 15.5. The molecule has 0 aliphatic heterocycles. The van der Waals surface area contributed by atoms with Crippen molar-refractivity contribution in [3.05, 3.63) is 45.1 Å². The van der Waals surface area contributed by atoms with E-state index in [-0.39, 0.29) is 12.2 Å². The van der Waals surface area contributed by atoms with Crippen LogP contribution in [0, 0.1) is 13.8 Å². The number of furan rings is 1. The number of aryl methyl sites for hydroxylation is 2. The third-order valence-corrected chi connectivity index (χ3v) is 5.06. The first-order valence-electron chi connectivity index (χ1n) is 7.98. The molecule has 26 heavy (non-hydrogen) atoms. The summed E-state index contributed by atoms with van der Waals surface area (Å²) in [5.41, 5.74) is 12.2. The molecule has 1 atom stereocenters. The van der Waals surface area contributed by atoms with Gasteiger partial charge in [0.05, 0.1) is 21.4 Å². The van der Waals surface area contributed by atoms with Crippen LogP contribution >= 0.6 is 11.3 Å². The molecule has 4 N–H and O–H groups in total. The summed E-state index contributed by atoms with van der Waals surface area (Å²) in [6.45, 7) is 5.51. The van der Waals surface area contributed by atoms with Gasteiger partial charge in [0.1, 0.15) is 23.7 Å². The lowest BCUT2D eigenvalue weighted by Crippen LogP contribution is -2.20. The van der Waals surface area contributed by atoms with E-state index in [1.54, 1.807) is 32.2 Å². The van der Waals surface area contributed by atoms with E-state index in [2.05, 4.69) is 4.98 Å². The molecule has 0 saturated carbocycles. The number of carbonyl (C=O) groups excluding carboxylic acids is 2. The summed E-state index contributed by atoms with van der Waals surface area (Å²) in [4.78, 5) is 28.9. The fraction of sp³-hybridized carbons (Fsp3) is 0.278. The largest absolute Gasteiger partial charge is 0.488 e. The number of amides is 2. The molecular weight excluding hydrogens is 354 g/mol. The Morgan fingerprint density at radius 1 is 1.31 bits per heavy atom. The van der Waals surface area contributed by atoms with Crippen molar-refractivity contribution in [1.82, 2.24) is 4.98 Å². The normalized spacial score (nSPS) is 12.3. The van der Waals surface area contributed by atoms with Crippen LogP contribution in [0.15, 0.2) is 22.7 Å². The molecule has 0 fully saturated rings. The highest BCUT2D eigenvalue weighted by Crippen LogP contribution is 2.39. The molecule has 1 aromatic carbocycles. The molecule has 2 aromatic heterocycles. The number of nitrogens with zero attached hydrogens (tertiary/aromatic N) is 1. The smallest absolute Gasteiger partial charge is 0.252 e. The molecule has 136 valence electrons. The van der Waals surface area contributed by atoms with Crippen LogP contribution in [0.25, 0.3) is 11.0 Å². The van der Waals surface area contributed by atoms with Gasteiger partial charge in [-0.2, -0.15) is 0 Å². The predicted molar refractivity (Wildman–Crippen MR) is 98.3 cm³/mol. The monoisotopic (exact) mass is 373 g/mol. The zero-order chi connectivity index (χ0) is 19.0. The van der Waals surface area contributed by atoms with E-state index in [4.69, 9.17) is 20.6 Å². The lowest BCUT2D eigenvalue weighted by molar-refractivity contribution is -0.119.